The van der Waals surface area contributed by atoms with Gasteiger partial charge in [0.15, 0.2) is 0 Å². The molecule has 0 radical (unpaired) electrons. The number of pyridine rings is 2. The van der Waals surface area contributed by atoms with Crippen molar-refractivity contribution in [2.24, 2.45) is 0 Å². The van der Waals surface area contributed by atoms with Crippen molar-refractivity contribution in [2.75, 3.05) is 43.5 Å². The summed E-state index contributed by atoms with van der Waals surface area (Å²) in [6.07, 6.45) is 3.41. The Morgan fingerprint density at radius 1 is 1.09 bits per heavy atom. The highest BCUT2D eigenvalue weighted by Gasteiger charge is 2.22. The number of amides is 2. The molecule has 0 atom stereocenters. The van der Waals surface area contributed by atoms with Crippen LogP contribution in [0.1, 0.15) is 0 Å². The van der Waals surface area contributed by atoms with Crippen LogP contribution < -0.4 is 15.0 Å². The average Bonchev–Trinajstić information content (AvgIpc) is 2.63. The maximum absolute atomic E-state index is 12.4. The lowest BCUT2D eigenvalue weighted by atomic mass is 10.3. The number of hydrogen-bond donors (Lipinski definition) is 1. The first kappa shape index (κ1) is 15.1. The van der Waals surface area contributed by atoms with Gasteiger partial charge < -0.3 is 19.9 Å². The number of ether oxygens (including phenoxy) is 1. The van der Waals surface area contributed by atoms with Crippen LogP contribution in [0.15, 0.2) is 42.7 Å². The van der Waals surface area contributed by atoms with E-state index < -0.39 is 0 Å². The predicted molar refractivity (Wildman–Crippen MR) is 87.8 cm³/mol. The van der Waals surface area contributed by atoms with Crippen LogP contribution in [0, 0.1) is 0 Å². The molecule has 1 aliphatic rings. The number of carbonyl (C=O) groups is 1. The molecule has 2 aromatic rings. The molecule has 0 bridgehead atoms. The van der Waals surface area contributed by atoms with Gasteiger partial charge in [-0.1, -0.05) is 6.07 Å². The summed E-state index contributed by atoms with van der Waals surface area (Å²) in [7, 11) is 1.53. The quantitative estimate of drug-likeness (QED) is 0.936. The SMILES string of the molecule is COc1ncccc1NC(=O)N1CCN(c2ccccn2)CC1. The second kappa shape index (κ2) is 6.95. The van der Waals surface area contributed by atoms with Crippen molar-refractivity contribution < 1.29 is 9.53 Å². The first-order chi connectivity index (χ1) is 11.3. The smallest absolute Gasteiger partial charge is 0.322 e. The van der Waals surface area contributed by atoms with Crippen molar-refractivity contribution >= 4 is 17.5 Å². The molecule has 7 nitrogen and oxygen atoms in total. The number of carbonyl (C=O) groups excluding carboxylic acids is 1. The van der Waals surface area contributed by atoms with Gasteiger partial charge in [0.2, 0.25) is 5.88 Å². The van der Waals surface area contributed by atoms with E-state index >= 15 is 0 Å². The van der Waals surface area contributed by atoms with Crippen molar-refractivity contribution in [3.8, 4) is 5.88 Å². The highest BCUT2D eigenvalue weighted by molar-refractivity contribution is 5.90. The van der Waals surface area contributed by atoms with Crippen LogP contribution in [0.25, 0.3) is 0 Å². The first-order valence-corrected chi connectivity index (χ1v) is 7.49. The number of rotatable bonds is 3. The summed E-state index contributed by atoms with van der Waals surface area (Å²) in [6, 6.07) is 9.24. The van der Waals surface area contributed by atoms with Crippen LogP contribution in [0.3, 0.4) is 0 Å². The van der Waals surface area contributed by atoms with Crippen molar-refractivity contribution in [2.45, 2.75) is 0 Å². The number of aromatic nitrogens is 2. The molecule has 7 heteroatoms. The molecule has 0 unspecified atom stereocenters. The molecule has 0 spiro atoms. The van der Waals surface area contributed by atoms with Crippen molar-refractivity contribution in [1.29, 1.82) is 0 Å². The predicted octanol–water partition coefficient (Wildman–Crippen LogP) is 1.84. The van der Waals surface area contributed by atoms with Crippen LogP contribution in [0.4, 0.5) is 16.3 Å². The highest BCUT2D eigenvalue weighted by atomic mass is 16.5. The Hall–Kier alpha value is -2.83. The lowest BCUT2D eigenvalue weighted by molar-refractivity contribution is 0.208. The van der Waals surface area contributed by atoms with E-state index in [1.807, 2.05) is 18.2 Å². The second-order valence-corrected chi connectivity index (χ2v) is 5.15. The third kappa shape index (κ3) is 3.50. The fourth-order valence-electron chi connectivity index (χ4n) is 2.52. The van der Waals surface area contributed by atoms with Gasteiger partial charge in [0.1, 0.15) is 11.5 Å². The maximum Gasteiger partial charge on any atom is 0.322 e. The lowest BCUT2D eigenvalue weighted by Gasteiger charge is -2.35. The van der Waals surface area contributed by atoms with Crippen LogP contribution in [0.2, 0.25) is 0 Å². The Kier molecular flexibility index (Phi) is 4.56. The maximum atomic E-state index is 12.4. The molecule has 120 valence electrons. The van der Waals surface area contributed by atoms with E-state index in [0.717, 1.165) is 18.9 Å². The zero-order chi connectivity index (χ0) is 16.1. The van der Waals surface area contributed by atoms with Gasteiger partial charge in [-0.15, -0.1) is 0 Å². The molecular formula is C16H19N5O2. The zero-order valence-electron chi connectivity index (χ0n) is 13.0. The van der Waals surface area contributed by atoms with Crippen molar-refractivity contribution in [1.82, 2.24) is 14.9 Å². The molecule has 3 heterocycles. The van der Waals surface area contributed by atoms with E-state index in [-0.39, 0.29) is 6.03 Å². The van der Waals surface area contributed by atoms with Crippen molar-refractivity contribution in [3.63, 3.8) is 0 Å². The Morgan fingerprint density at radius 3 is 2.57 bits per heavy atom. The van der Waals surface area contributed by atoms with E-state index in [2.05, 4.69) is 20.2 Å². The summed E-state index contributed by atoms with van der Waals surface area (Å²) in [5.41, 5.74) is 0.576. The van der Waals surface area contributed by atoms with Gasteiger partial charge in [0.05, 0.1) is 7.11 Å². The van der Waals surface area contributed by atoms with Crippen molar-refractivity contribution in [3.05, 3.63) is 42.7 Å². The summed E-state index contributed by atoms with van der Waals surface area (Å²) in [4.78, 5) is 24.8. The number of urea groups is 1. The molecule has 2 amide bonds. The van der Waals surface area contributed by atoms with Gasteiger partial charge in [-0.05, 0) is 24.3 Å². The van der Waals surface area contributed by atoms with E-state index in [1.165, 1.54) is 7.11 Å². The van der Waals surface area contributed by atoms with E-state index in [4.69, 9.17) is 4.74 Å². The molecule has 3 rings (SSSR count). The van der Waals surface area contributed by atoms with E-state index in [9.17, 15) is 4.79 Å². The zero-order valence-corrected chi connectivity index (χ0v) is 13.0. The fourth-order valence-corrected chi connectivity index (χ4v) is 2.52. The average molecular weight is 313 g/mol. The van der Waals surface area contributed by atoms with Crippen LogP contribution >= 0.6 is 0 Å². The second-order valence-electron chi connectivity index (χ2n) is 5.15. The molecule has 23 heavy (non-hydrogen) atoms. The molecule has 1 saturated heterocycles. The summed E-state index contributed by atoms with van der Waals surface area (Å²) >= 11 is 0. The minimum atomic E-state index is -0.142. The molecule has 1 aliphatic heterocycles. The molecule has 2 aromatic heterocycles. The molecule has 0 aromatic carbocycles. The largest absolute Gasteiger partial charge is 0.480 e. The molecule has 1 fully saturated rings. The fraction of sp³-hybridized carbons (Fsp3) is 0.312. The number of nitrogens with one attached hydrogen (secondary N) is 1. The van der Waals surface area contributed by atoms with Gasteiger partial charge in [-0.3, -0.25) is 0 Å². The first-order valence-electron chi connectivity index (χ1n) is 7.49. The van der Waals surface area contributed by atoms with Gasteiger partial charge >= 0.3 is 6.03 Å². The third-order valence-corrected chi connectivity index (χ3v) is 3.75. The number of anilines is 2. The molecular weight excluding hydrogens is 294 g/mol. The molecule has 1 N–H and O–H groups in total. The van der Waals surface area contributed by atoms with Gasteiger partial charge in [-0.25, -0.2) is 14.8 Å². The van der Waals surface area contributed by atoms with Gasteiger partial charge in [0, 0.05) is 38.6 Å². The Morgan fingerprint density at radius 2 is 1.87 bits per heavy atom. The summed E-state index contributed by atoms with van der Waals surface area (Å²) in [6.45, 7) is 2.80. The standard InChI is InChI=1S/C16H19N5O2/c1-23-15-13(5-4-8-18-15)19-16(22)21-11-9-20(10-12-21)14-6-2-3-7-17-14/h2-8H,9-12H2,1H3,(H,19,22). The lowest BCUT2D eigenvalue weighted by Crippen LogP contribution is -2.50. The number of nitrogens with zero attached hydrogens (tertiary/aromatic N) is 4. The number of piperazine rings is 1. The summed E-state index contributed by atoms with van der Waals surface area (Å²) < 4.78 is 5.15. The van der Waals surface area contributed by atoms with E-state index in [1.54, 1.807) is 29.4 Å². The van der Waals surface area contributed by atoms with Gasteiger partial charge in [-0.2, -0.15) is 0 Å². The Balaban J connectivity index is 1.58. The monoisotopic (exact) mass is 313 g/mol. The number of methoxy groups -OCH3 is 1. The van der Waals surface area contributed by atoms with Crippen LogP contribution in [0.5, 0.6) is 5.88 Å². The van der Waals surface area contributed by atoms with Crippen LogP contribution in [-0.4, -0.2) is 54.2 Å². The third-order valence-electron chi connectivity index (χ3n) is 3.75. The Labute approximate surface area is 134 Å². The Bertz CT molecular complexity index is 657. The van der Waals surface area contributed by atoms with Gasteiger partial charge in [0.25, 0.3) is 0 Å². The minimum Gasteiger partial charge on any atom is -0.480 e. The molecule has 0 saturated carbocycles. The van der Waals surface area contributed by atoms with Crippen LogP contribution in [-0.2, 0) is 0 Å². The topological polar surface area (TPSA) is 70.6 Å². The minimum absolute atomic E-state index is 0.142. The van der Waals surface area contributed by atoms with E-state index in [0.29, 0.717) is 24.7 Å². The summed E-state index contributed by atoms with van der Waals surface area (Å²) in [5.74, 6) is 1.36. The highest BCUT2D eigenvalue weighted by Crippen LogP contribution is 2.20. The number of hydrogen-bond acceptors (Lipinski definition) is 5. The molecule has 0 aliphatic carbocycles. The summed E-state index contributed by atoms with van der Waals surface area (Å²) in [5, 5.41) is 2.85. The normalized spacial score (nSPS) is 14.5.